The first kappa shape index (κ1) is 34.1. The van der Waals surface area contributed by atoms with Gasteiger partial charge in [0.15, 0.2) is 0 Å². The summed E-state index contributed by atoms with van der Waals surface area (Å²) in [6.45, 7) is 0. The summed E-state index contributed by atoms with van der Waals surface area (Å²) in [5, 5.41) is 10.0. The summed E-state index contributed by atoms with van der Waals surface area (Å²) in [6.07, 6.45) is 0. The molecule has 12 rings (SSSR count). The van der Waals surface area contributed by atoms with Gasteiger partial charge >= 0.3 is 0 Å². The summed E-state index contributed by atoms with van der Waals surface area (Å²) in [5.41, 5.74) is 14.1. The summed E-state index contributed by atoms with van der Waals surface area (Å²) >= 11 is 0. The lowest BCUT2D eigenvalue weighted by Gasteiger charge is -2.17. The van der Waals surface area contributed by atoms with Crippen molar-refractivity contribution in [2.75, 3.05) is 0 Å². The maximum Gasteiger partial charge on any atom is 0.0620 e. The Balaban J connectivity index is 1.22. The smallest absolute Gasteiger partial charge is 0.0620 e. The molecule has 0 spiro atoms. The van der Waals surface area contributed by atoms with Crippen molar-refractivity contribution in [2.24, 2.45) is 0 Å². The molecule has 2 heteroatoms. The van der Waals surface area contributed by atoms with E-state index in [9.17, 15) is 0 Å². The highest BCUT2D eigenvalue weighted by Crippen LogP contribution is 2.51. The minimum atomic E-state index is 1.13. The van der Waals surface area contributed by atoms with Crippen LogP contribution < -0.4 is 0 Å². The van der Waals surface area contributed by atoms with Crippen LogP contribution in [0.3, 0.4) is 0 Å². The average molecular weight is 763 g/mol. The topological polar surface area (TPSA) is 9.86 Å². The molecule has 0 unspecified atom stereocenters. The molecule has 10 aromatic carbocycles. The van der Waals surface area contributed by atoms with Crippen molar-refractivity contribution in [3.63, 3.8) is 0 Å². The molecule has 0 aliphatic carbocycles. The van der Waals surface area contributed by atoms with Crippen LogP contribution in [0.2, 0.25) is 0 Å². The van der Waals surface area contributed by atoms with Crippen LogP contribution in [-0.4, -0.2) is 9.13 Å². The van der Waals surface area contributed by atoms with Gasteiger partial charge in [0.05, 0.1) is 22.4 Å². The first-order valence-electron chi connectivity index (χ1n) is 20.7. The molecule has 0 aliphatic rings. The number of nitrogens with zero attached hydrogens (tertiary/aromatic N) is 2. The molecule has 2 nitrogen and oxygen atoms in total. The van der Waals surface area contributed by atoms with Crippen molar-refractivity contribution in [1.29, 1.82) is 0 Å². The number of hydrogen-bond acceptors (Lipinski definition) is 0. The van der Waals surface area contributed by atoms with Crippen molar-refractivity contribution < 1.29 is 0 Å². The molecular weight excluding hydrogens is 725 g/mol. The summed E-state index contributed by atoms with van der Waals surface area (Å²) < 4.78 is 4.98. The van der Waals surface area contributed by atoms with Crippen LogP contribution in [0, 0.1) is 0 Å². The van der Waals surface area contributed by atoms with Gasteiger partial charge in [-0.1, -0.05) is 194 Å². The van der Waals surface area contributed by atoms with Gasteiger partial charge in [-0.3, -0.25) is 0 Å². The molecule has 280 valence electrons. The van der Waals surface area contributed by atoms with E-state index in [1.54, 1.807) is 0 Å². The third-order valence-corrected chi connectivity index (χ3v) is 12.3. The van der Waals surface area contributed by atoms with Crippen molar-refractivity contribution in [1.82, 2.24) is 9.13 Å². The van der Waals surface area contributed by atoms with Gasteiger partial charge in [0, 0.05) is 33.3 Å². The normalized spacial score (nSPS) is 11.7. The van der Waals surface area contributed by atoms with Gasteiger partial charge in [0.2, 0.25) is 0 Å². The highest BCUT2D eigenvalue weighted by molar-refractivity contribution is 6.26. The molecule has 0 saturated carbocycles. The van der Waals surface area contributed by atoms with Crippen LogP contribution in [0.15, 0.2) is 231 Å². The van der Waals surface area contributed by atoms with Crippen LogP contribution >= 0.6 is 0 Å². The Morgan fingerprint density at radius 1 is 0.217 bits per heavy atom. The zero-order valence-corrected chi connectivity index (χ0v) is 32.8. The second-order valence-corrected chi connectivity index (χ2v) is 15.6. The molecule has 0 fully saturated rings. The van der Waals surface area contributed by atoms with Crippen LogP contribution in [0.4, 0.5) is 0 Å². The minimum absolute atomic E-state index is 1.13. The highest BCUT2D eigenvalue weighted by atomic mass is 15.0. The first-order valence-corrected chi connectivity index (χ1v) is 20.7. The van der Waals surface area contributed by atoms with E-state index in [2.05, 4.69) is 240 Å². The summed E-state index contributed by atoms with van der Waals surface area (Å²) in [7, 11) is 0. The molecule has 0 bridgehead atoms. The van der Waals surface area contributed by atoms with E-state index in [0.29, 0.717) is 0 Å². The van der Waals surface area contributed by atoms with Gasteiger partial charge in [-0.15, -0.1) is 0 Å². The van der Waals surface area contributed by atoms with Gasteiger partial charge in [-0.05, 0) is 91.0 Å². The minimum Gasteiger partial charge on any atom is -0.309 e. The van der Waals surface area contributed by atoms with Crippen LogP contribution in [0.1, 0.15) is 0 Å². The van der Waals surface area contributed by atoms with Crippen LogP contribution in [0.25, 0.3) is 110 Å². The molecule has 0 saturated heterocycles. The summed E-state index contributed by atoms with van der Waals surface area (Å²) in [6, 6.07) is 84.3. The Bertz CT molecular complexity index is 3520. The van der Waals surface area contributed by atoms with Gasteiger partial charge in [0.1, 0.15) is 0 Å². The van der Waals surface area contributed by atoms with Crippen molar-refractivity contribution in [2.45, 2.75) is 0 Å². The fraction of sp³-hybridized carbons (Fsp3) is 0. The van der Waals surface area contributed by atoms with Crippen molar-refractivity contribution in [3.05, 3.63) is 231 Å². The largest absolute Gasteiger partial charge is 0.309 e. The van der Waals surface area contributed by atoms with E-state index in [4.69, 9.17) is 0 Å². The SMILES string of the molecule is c1ccc(-c2ccc(-c3c(-c4c(-c5ccccc5)n(-c5ccc6c7ccccc7c7ccccc7c6c5)c5ccccc45)c4ccccc4n3-c3ccccc3)cc2)cc1. The molecule has 12 aromatic rings. The summed E-state index contributed by atoms with van der Waals surface area (Å²) in [5.74, 6) is 0. The predicted octanol–water partition coefficient (Wildman–Crippen LogP) is 15.7. The van der Waals surface area contributed by atoms with E-state index in [0.717, 1.165) is 33.7 Å². The second kappa shape index (κ2) is 13.9. The third kappa shape index (κ3) is 5.28. The second-order valence-electron chi connectivity index (χ2n) is 15.6. The third-order valence-electron chi connectivity index (χ3n) is 12.3. The van der Waals surface area contributed by atoms with E-state index in [1.807, 2.05) is 0 Å². The lowest BCUT2D eigenvalue weighted by atomic mass is 9.92. The highest BCUT2D eigenvalue weighted by Gasteiger charge is 2.29. The number of para-hydroxylation sites is 3. The molecule has 2 heterocycles. The maximum atomic E-state index is 2.51. The molecule has 0 atom stereocenters. The lowest BCUT2D eigenvalue weighted by molar-refractivity contribution is 1.13. The number of fused-ring (bicyclic) bond motifs is 8. The lowest BCUT2D eigenvalue weighted by Crippen LogP contribution is -1.99. The van der Waals surface area contributed by atoms with Gasteiger partial charge in [-0.2, -0.15) is 0 Å². The average Bonchev–Trinajstić information content (AvgIpc) is 3.85. The van der Waals surface area contributed by atoms with Gasteiger partial charge in [-0.25, -0.2) is 0 Å². The number of rotatable bonds is 6. The number of hydrogen-bond donors (Lipinski definition) is 0. The molecule has 60 heavy (non-hydrogen) atoms. The molecule has 0 aliphatic heterocycles. The fourth-order valence-corrected chi connectivity index (χ4v) is 9.73. The molecule has 0 amide bonds. The Hall–Kier alpha value is -7.94. The molecule has 0 radical (unpaired) electrons. The quantitative estimate of drug-likeness (QED) is 0.149. The number of benzene rings is 10. The Labute approximate surface area is 348 Å². The Kier molecular flexibility index (Phi) is 7.89. The number of aromatic nitrogens is 2. The van der Waals surface area contributed by atoms with E-state index < -0.39 is 0 Å². The standard InChI is InChI=1S/C58H38N2/c1-4-18-39(19-5-1)40-32-34-42(35-33-40)58-56(50-28-14-16-30-53(50)59(58)43-22-8-3-9-23-43)55-51-29-15-17-31-54(51)60(57(55)41-20-6-2-7-21-41)44-36-37-49-47-26-11-10-24-45(47)46-25-12-13-27-48(46)52(49)38-44/h1-38H. The van der Waals surface area contributed by atoms with Crippen molar-refractivity contribution >= 4 is 54.1 Å². The van der Waals surface area contributed by atoms with E-state index in [-0.39, 0.29) is 0 Å². The zero-order chi connectivity index (χ0) is 39.6. The maximum absolute atomic E-state index is 2.51. The van der Waals surface area contributed by atoms with Crippen LogP contribution in [-0.2, 0) is 0 Å². The van der Waals surface area contributed by atoms with Gasteiger partial charge < -0.3 is 9.13 Å². The predicted molar refractivity (Wildman–Crippen MR) is 254 cm³/mol. The molecule has 2 aromatic heterocycles. The first-order chi connectivity index (χ1) is 29.8. The fourth-order valence-electron chi connectivity index (χ4n) is 9.73. The molecule has 0 N–H and O–H groups in total. The van der Waals surface area contributed by atoms with E-state index in [1.165, 1.54) is 76.6 Å². The molecular formula is C58H38N2. The Morgan fingerprint density at radius 2 is 0.567 bits per heavy atom. The van der Waals surface area contributed by atoms with Crippen LogP contribution in [0.5, 0.6) is 0 Å². The Morgan fingerprint density at radius 3 is 1.10 bits per heavy atom. The van der Waals surface area contributed by atoms with Crippen molar-refractivity contribution in [3.8, 4) is 56.1 Å². The van der Waals surface area contributed by atoms with E-state index >= 15 is 0 Å². The monoisotopic (exact) mass is 762 g/mol. The van der Waals surface area contributed by atoms with Gasteiger partial charge in [0.25, 0.3) is 0 Å². The zero-order valence-electron chi connectivity index (χ0n) is 32.8. The summed E-state index contributed by atoms with van der Waals surface area (Å²) in [4.78, 5) is 0.